The summed E-state index contributed by atoms with van der Waals surface area (Å²) in [4.78, 5) is 27.8. The van der Waals surface area contributed by atoms with E-state index in [9.17, 15) is 27.9 Å². The number of carbonyl (C=O) groups is 2. The second-order valence-corrected chi connectivity index (χ2v) is 5.84. The number of carboxylic acids is 1. The first-order valence-electron chi connectivity index (χ1n) is 7.96. The number of carboxylic acid groups (broad SMARTS) is 1. The number of halogens is 3. The van der Waals surface area contributed by atoms with Crippen molar-refractivity contribution in [2.24, 2.45) is 0 Å². The van der Waals surface area contributed by atoms with E-state index in [-0.39, 0.29) is 69.9 Å². The first kappa shape index (κ1) is 24.6. The molecule has 1 N–H and O–H groups in total. The summed E-state index contributed by atoms with van der Waals surface area (Å²) in [6, 6.07) is 8.87. The molecule has 0 saturated carbocycles. The van der Waals surface area contributed by atoms with Crippen molar-refractivity contribution in [2.45, 2.75) is 25.2 Å². The fourth-order valence-electron chi connectivity index (χ4n) is 2.40. The minimum absolute atomic E-state index is 0. The minimum Gasteiger partial charge on any atom is -0.548 e. The summed E-state index contributed by atoms with van der Waals surface area (Å²) >= 11 is 0. The number of alkyl halides is 3. The van der Waals surface area contributed by atoms with Crippen molar-refractivity contribution in [1.29, 1.82) is 0 Å². The molecule has 0 spiro atoms. The topological polar surface area (TPSA) is 85.4 Å². The number of hydrogen-bond donors (Lipinski definition) is 1. The van der Waals surface area contributed by atoms with Crippen LogP contribution < -0.4 is 61.8 Å². The van der Waals surface area contributed by atoms with Gasteiger partial charge in [0.2, 0.25) is 0 Å². The summed E-state index contributed by atoms with van der Waals surface area (Å²) in [6.45, 7) is -0.208. The zero-order chi connectivity index (χ0) is 20.0. The van der Waals surface area contributed by atoms with E-state index in [1.54, 1.807) is 30.3 Å². The first-order chi connectivity index (χ1) is 12.7. The Labute approximate surface area is 202 Å². The van der Waals surface area contributed by atoms with Crippen LogP contribution in [-0.2, 0) is 23.9 Å². The molecule has 0 saturated heterocycles. The molecule has 1 heterocycles. The van der Waals surface area contributed by atoms with E-state index in [1.807, 2.05) is 0 Å². The van der Waals surface area contributed by atoms with Gasteiger partial charge >= 0.3 is 63.6 Å². The molecule has 28 heavy (non-hydrogen) atoms. The molecule has 10 heteroatoms. The van der Waals surface area contributed by atoms with Crippen LogP contribution in [0.2, 0.25) is 0 Å². The van der Waals surface area contributed by atoms with E-state index < -0.39 is 29.9 Å². The fourth-order valence-corrected chi connectivity index (χ4v) is 2.40. The van der Waals surface area contributed by atoms with Gasteiger partial charge in [0.25, 0.3) is 0 Å². The Balaban J connectivity index is 0.00000392. The summed E-state index contributed by atoms with van der Waals surface area (Å²) in [6.07, 6.45) is -3.56. The quantitative estimate of drug-likeness (QED) is 0.584. The molecule has 2 aromatic rings. The van der Waals surface area contributed by atoms with Gasteiger partial charge in [-0.25, -0.2) is 4.79 Å². The molecule has 144 valence electrons. The Morgan fingerprint density at radius 1 is 1.18 bits per heavy atom. The van der Waals surface area contributed by atoms with Crippen molar-refractivity contribution in [3.05, 3.63) is 65.5 Å². The van der Waals surface area contributed by atoms with E-state index in [2.05, 4.69) is 10.3 Å². The molecule has 1 aromatic carbocycles. The molecule has 2 amide bonds. The largest absolute Gasteiger partial charge is 1.00 e. The summed E-state index contributed by atoms with van der Waals surface area (Å²) in [5.41, 5.74) is -0.179. The van der Waals surface area contributed by atoms with Crippen LogP contribution in [-0.4, -0.2) is 35.0 Å². The number of aromatic nitrogens is 1. The molecule has 0 fully saturated rings. The molecule has 1 unspecified atom stereocenters. The van der Waals surface area contributed by atoms with Crippen molar-refractivity contribution in [3.63, 3.8) is 0 Å². The number of amides is 2. The summed E-state index contributed by atoms with van der Waals surface area (Å²) in [7, 11) is 1.28. The average molecular weight is 419 g/mol. The van der Waals surface area contributed by atoms with Gasteiger partial charge in [0, 0.05) is 19.8 Å². The summed E-state index contributed by atoms with van der Waals surface area (Å²) in [5, 5.41) is 13.8. The number of nitrogens with zero attached hydrogens (tertiary/aromatic N) is 2. The second kappa shape index (κ2) is 10.9. The van der Waals surface area contributed by atoms with Gasteiger partial charge < -0.3 is 20.1 Å². The van der Waals surface area contributed by atoms with Crippen LogP contribution >= 0.6 is 0 Å². The monoisotopic (exact) mass is 419 g/mol. The Kier molecular flexibility index (Phi) is 9.58. The Hall–Kier alpha value is -1.46. The standard InChI is InChI=1S/C18H18F3N3O3.K/c1-24(14(16(25)26)9-12-5-3-2-4-6-12)17(27)23-11-13-7-8-22-15(10-13)18(19,20)21;/h2-8,10,14H,9,11H2,1H3,(H,23,27)(H,25,26);/q;+1/p-1. The van der Waals surface area contributed by atoms with E-state index >= 15 is 0 Å². The van der Waals surface area contributed by atoms with Crippen molar-refractivity contribution in [3.8, 4) is 0 Å². The SMILES string of the molecule is CN(C(=O)NCc1ccnc(C(F)(F)F)c1)C(Cc1ccccc1)C(=O)[O-].[K+]. The van der Waals surface area contributed by atoms with Crippen molar-refractivity contribution < 1.29 is 79.3 Å². The van der Waals surface area contributed by atoms with Gasteiger partial charge in [0.1, 0.15) is 5.69 Å². The number of rotatable bonds is 6. The van der Waals surface area contributed by atoms with Crippen LogP contribution in [0.5, 0.6) is 0 Å². The summed E-state index contributed by atoms with van der Waals surface area (Å²) < 4.78 is 38.0. The number of urea groups is 1. The third-order valence-electron chi connectivity index (χ3n) is 3.89. The molecule has 0 aliphatic carbocycles. The van der Waals surface area contributed by atoms with Crippen molar-refractivity contribution in [1.82, 2.24) is 15.2 Å². The smallest absolute Gasteiger partial charge is 0.548 e. The van der Waals surface area contributed by atoms with E-state index in [0.717, 1.165) is 17.2 Å². The number of likely N-dealkylation sites (N-methyl/N-ethyl adjacent to an activating group) is 1. The fraction of sp³-hybridized carbons (Fsp3) is 0.278. The van der Waals surface area contributed by atoms with Crippen LogP contribution in [0.1, 0.15) is 16.8 Å². The Bertz CT molecular complexity index is 803. The van der Waals surface area contributed by atoms with Gasteiger partial charge in [-0.3, -0.25) is 4.98 Å². The first-order valence-corrected chi connectivity index (χ1v) is 7.96. The summed E-state index contributed by atoms with van der Waals surface area (Å²) in [5.74, 6) is -1.43. The molecular formula is C18H17F3KN3O3. The molecule has 6 nitrogen and oxygen atoms in total. The predicted octanol–water partition coefficient (Wildman–Crippen LogP) is -1.39. The number of hydrogen-bond acceptors (Lipinski definition) is 4. The normalized spacial score (nSPS) is 11.9. The molecule has 0 bridgehead atoms. The minimum atomic E-state index is -4.59. The van der Waals surface area contributed by atoms with E-state index in [4.69, 9.17) is 0 Å². The zero-order valence-electron chi connectivity index (χ0n) is 15.4. The number of pyridine rings is 1. The van der Waals surface area contributed by atoms with Gasteiger partial charge in [0.05, 0.1) is 12.0 Å². The second-order valence-electron chi connectivity index (χ2n) is 5.84. The maximum atomic E-state index is 12.7. The Morgan fingerprint density at radius 2 is 1.82 bits per heavy atom. The predicted molar refractivity (Wildman–Crippen MR) is 88.2 cm³/mol. The number of benzene rings is 1. The third-order valence-corrected chi connectivity index (χ3v) is 3.89. The average Bonchev–Trinajstić information content (AvgIpc) is 2.63. The molecule has 0 aliphatic rings. The van der Waals surface area contributed by atoms with Crippen LogP contribution in [0.15, 0.2) is 48.7 Å². The van der Waals surface area contributed by atoms with Gasteiger partial charge in [-0.1, -0.05) is 30.3 Å². The van der Waals surface area contributed by atoms with Crippen LogP contribution in [0, 0.1) is 0 Å². The van der Waals surface area contributed by atoms with Crippen LogP contribution in [0.4, 0.5) is 18.0 Å². The third kappa shape index (κ3) is 7.17. The molecular weight excluding hydrogens is 402 g/mol. The van der Waals surface area contributed by atoms with E-state index in [1.165, 1.54) is 13.1 Å². The van der Waals surface area contributed by atoms with Crippen molar-refractivity contribution >= 4 is 12.0 Å². The molecule has 1 aromatic heterocycles. The van der Waals surface area contributed by atoms with Crippen LogP contribution in [0.3, 0.4) is 0 Å². The van der Waals surface area contributed by atoms with Gasteiger partial charge in [-0.15, -0.1) is 0 Å². The Morgan fingerprint density at radius 3 is 2.39 bits per heavy atom. The zero-order valence-corrected chi connectivity index (χ0v) is 18.5. The van der Waals surface area contributed by atoms with E-state index in [0.29, 0.717) is 5.56 Å². The van der Waals surface area contributed by atoms with Crippen LogP contribution in [0.25, 0.3) is 0 Å². The van der Waals surface area contributed by atoms with Gasteiger partial charge in [-0.05, 0) is 29.7 Å². The molecule has 2 rings (SSSR count). The number of nitrogens with one attached hydrogen (secondary N) is 1. The van der Waals surface area contributed by atoms with Gasteiger partial charge in [0.15, 0.2) is 0 Å². The van der Waals surface area contributed by atoms with Gasteiger partial charge in [-0.2, -0.15) is 13.2 Å². The molecule has 0 radical (unpaired) electrons. The van der Waals surface area contributed by atoms with Crippen molar-refractivity contribution in [2.75, 3.05) is 7.05 Å². The number of aliphatic carboxylic acids is 1. The number of carbonyl (C=O) groups excluding carboxylic acids is 2. The maximum absolute atomic E-state index is 12.7. The molecule has 0 aliphatic heterocycles. The molecule has 1 atom stereocenters. The maximum Gasteiger partial charge on any atom is 1.00 e.